The summed E-state index contributed by atoms with van der Waals surface area (Å²) in [5.41, 5.74) is 2.45. The van der Waals surface area contributed by atoms with Crippen LogP contribution in [-0.4, -0.2) is 129 Å². The summed E-state index contributed by atoms with van der Waals surface area (Å²) in [5.74, 6) is 0.125. The number of fused-ring (bicyclic) bond motifs is 3. The molecule has 1 spiro atoms. The summed E-state index contributed by atoms with van der Waals surface area (Å²) in [4.78, 5) is 12.7. The van der Waals surface area contributed by atoms with E-state index in [4.69, 9.17) is 9.47 Å². The van der Waals surface area contributed by atoms with Crippen LogP contribution in [0, 0.1) is 46.3 Å². The van der Waals surface area contributed by atoms with E-state index in [-0.39, 0.29) is 37.2 Å². The van der Waals surface area contributed by atoms with Gasteiger partial charge in [-0.2, -0.15) is 0 Å². The van der Waals surface area contributed by atoms with Crippen molar-refractivity contribution in [1.29, 1.82) is 0 Å². The highest BCUT2D eigenvalue weighted by Crippen LogP contribution is 2.75. The minimum absolute atomic E-state index is 0.0817. The molecule has 4 bridgehead atoms. The lowest BCUT2D eigenvalue weighted by Crippen LogP contribution is -2.72. The highest BCUT2D eigenvalue weighted by atomic mass is 16.5. The number of ether oxygens (including phenoxy) is 2. The second-order valence-corrected chi connectivity index (χ2v) is 22.2. The Morgan fingerprint density at radius 2 is 1.84 bits per heavy atom. The molecule has 386 valence electrons. The molecule has 1 aromatic carbocycles. The van der Waals surface area contributed by atoms with Crippen LogP contribution in [0.3, 0.4) is 0 Å². The van der Waals surface area contributed by atoms with Crippen molar-refractivity contribution >= 4 is 6.29 Å². The number of hydrogen-bond acceptors (Lipinski definition) is 11. The molecule has 0 saturated heterocycles. The minimum atomic E-state index is -1.57. The van der Waals surface area contributed by atoms with Gasteiger partial charge in [-0.3, -0.25) is 4.79 Å². The monoisotopic (exact) mass is 966 g/mol. The highest BCUT2D eigenvalue weighted by molar-refractivity contribution is 5.75. The van der Waals surface area contributed by atoms with Crippen molar-refractivity contribution in [2.24, 2.45) is 46.3 Å². The molecule has 8 N–H and O–H groups in total. The van der Waals surface area contributed by atoms with Gasteiger partial charge in [-0.05, 0) is 152 Å². The average molecular weight is 966 g/mol. The van der Waals surface area contributed by atoms with Crippen LogP contribution in [0.1, 0.15) is 95.6 Å². The van der Waals surface area contributed by atoms with Crippen LogP contribution < -0.4 is 16.0 Å². The van der Waals surface area contributed by atoms with E-state index in [1.54, 1.807) is 0 Å². The van der Waals surface area contributed by atoms with Crippen molar-refractivity contribution in [3.63, 3.8) is 0 Å². The van der Waals surface area contributed by atoms with E-state index in [1.165, 1.54) is 42.4 Å². The number of carbonyl (C=O) groups is 1. The Bertz CT molecular complexity index is 2160. The van der Waals surface area contributed by atoms with Crippen LogP contribution in [0.2, 0.25) is 0 Å². The number of benzene rings is 1. The standard InChI is InChI=1S/C59H87N3O8/c1-41-17-18-46(32-44-12-10-13-45(31-44)33-56(62-35-41,27-30-69-6)51-16-8-7-14-48(51)36-61-5)42(2)11-9-15-49(39-70-40-50(66)38-65)52-20-22-58-54-53(43(3)37-64)47(34-57(58,67)25-28-60-4)19-21-55(54,26-29-63)23-24-59(52,58)68/h9-13,15,17,19,21,23-24,31,37,46-48,50-52,54,60-63,65-68H,2,7-8,14,16,18,20,22,25-30,32-36,38-40H2,1,3-6H3. The van der Waals surface area contributed by atoms with E-state index in [0.29, 0.717) is 62.7 Å². The Balaban J connectivity index is 1.23. The summed E-state index contributed by atoms with van der Waals surface area (Å²) in [6.07, 6.45) is 27.2. The van der Waals surface area contributed by atoms with Crippen molar-refractivity contribution in [3.05, 3.63) is 118 Å². The van der Waals surface area contributed by atoms with Gasteiger partial charge in [-0.15, -0.1) is 0 Å². The molecule has 12 unspecified atom stereocenters. The van der Waals surface area contributed by atoms with Crippen LogP contribution in [0.15, 0.2) is 107 Å². The molecule has 3 saturated carbocycles. The number of methoxy groups -OCH3 is 1. The van der Waals surface area contributed by atoms with Crippen molar-refractivity contribution in [2.75, 3.05) is 73.9 Å². The Kier molecular flexibility index (Phi) is 18.4. The van der Waals surface area contributed by atoms with Gasteiger partial charge in [-0.1, -0.05) is 109 Å². The zero-order valence-electron chi connectivity index (χ0n) is 43.1. The highest BCUT2D eigenvalue weighted by Gasteiger charge is 2.77. The number of aliphatic hydroxyl groups excluding tert-OH is 3. The molecule has 6 aliphatic rings. The van der Waals surface area contributed by atoms with Crippen LogP contribution in [-0.2, 0) is 27.1 Å². The molecular formula is C59H87N3O8. The summed E-state index contributed by atoms with van der Waals surface area (Å²) in [6.45, 7) is 11.3. The molecule has 1 aromatic rings. The molecule has 1 heterocycles. The molecule has 11 nitrogen and oxygen atoms in total. The number of aliphatic hydroxyl groups is 5. The van der Waals surface area contributed by atoms with E-state index in [0.717, 1.165) is 61.8 Å². The lowest BCUT2D eigenvalue weighted by Gasteiger charge is -2.68. The SMILES string of the molecule is C=C(C=CC=C(COCC(O)CO)C1CCC23C4C(=C(C)C=O)C(C=CC4(CCO)C=CC12O)CC3(O)CCNC)C1CC=C(C)CNC(CCOC)(C2CCCCC2CNC)Cc2cccc(c2)C1. The molecule has 7 rings (SSSR count). The van der Waals surface area contributed by atoms with Crippen molar-refractivity contribution in [2.45, 2.75) is 120 Å². The van der Waals surface area contributed by atoms with Gasteiger partial charge in [0.2, 0.25) is 0 Å². The smallest absolute Gasteiger partial charge is 0.145 e. The third-order valence-corrected chi connectivity index (χ3v) is 18.1. The lowest BCUT2D eigenvalue weighted by atomic mass is 9.37. The van der Waals surface area contributed by atoms with Gasteiger partial charge in [0.1, 0.15) is 12.4 Å². The lowest BCUT2D eigenvalue weighted by molar-refractivity contribution is -0.233. The van der Waals surface area contributed by atoms with E-state index < -0.39 is 46.6 Å². The van der Waals surface area contributed by atoms with Gasteiger partial charge in [0.15, 0.2) is 0 Å². The summed E-state index contributed by atoms with van der Waals surface area (Å²) in [5, 5.41) is 68.6. The Hall–Kier alpha value is -3.33. The maximum absolute atomic E-state index is 13.7. The van der Waals surface area contributed by atoms with Crippen molar-refractivity contribution < 1.29 is 39.8 Å². The van der Waals surface area contributed by atoms with E-state index in [1.807, 2.05) is 45.4 Å². The molecule has 11 heteroatoms. The normalized spacial score (nSPS) is 36.5. The molecule has 5 aliphatic carbocycles. The van der Waals surface area contributed by atoms with Crippen LogP contribution in [0.25, 0.3) is 0 Å². The quantitative estimate of drug-likeness (QED) is 0.0287. The molecule has 0 amide bonds. The summed E-state index contributed by atoms with van der Waals surface area (Å²) in [7, 11) is 5.77. The van der Waals surface area contributed by atoms with Gasteiger partial charge >= 0.3 is 0 Å². The van der Waals surface area contributed by atoms with Gasteiger partial charge < -0.3 is 51.0 Å². The van der Waals surface area contributed by atoms with Gasteiger partial charge in [0.25, 0.3) is 0 Å². The fraction of sp³-hybridized carbons (Fsp3) is 0.644. The first-order chi connectivity index (χ1) is 33.7. The minimum Gasteiger partial charge on any atom is -0.396 e. The van der Waals surface area contributed by atoms with Crippen LogP contribution in [0.5, 0.6) is 0 Å². The third-order valence-electron chi connectivity index (χ3n) is 18.1. The topological polar surface area (TPSA) is 173 Å². The molecule has 0 aromatic heterocycles. The molecule has 0 radical (unpaired) electrons. The predicted molar refractivity (Wildman–Crippen MR) is 279 cm³/mol. The molecule has 70 heavy (non-hydrogen) atoms. The first-order valence-electron chi connectivity index (χ1n) is 26.5. The maximum Gasteiger partial charge on any atom is 0.145 e. The zero-order chi connectivity index (χ0) is 50.2. The molecule has 3 fully saturated rings. The van der Waals surface area contributed by atoms with E-state index in [9.17, 15) is 30.3 Å². The Labute approximate surface area is 419 Å². The maximum atomic E-state index is 13.7. The number of aldehydes is 1. The van der Waals surface area contributed by atoms with Crippen LogP contribution >= 0.6 is 0 Å². The van der Waals surface area contributed by atoms with Gasteiger partial charge in [-0.25, -0.2) is 0 Å². The molecule has 1 aliphatic heterocycles. The summed E-state index contributed by atoms with van der Waals surface area (Å²) >= 11 is 0. The number of allylic oxidation sites excluding steroid dienone is 10. The number of carbonyl (C=O) groups excluding carboxylic acids is 1. The van der Waals surface area contributed by atoms with E-state index >= 15 is 0 Å². The Morgan fingerprint density at radius 1 is 1.04 bits per heavy atom. The van der Waals surface area contributed by atoms with Gasteiger partial charge in [0.05, 0.1) is 31.0 Å². The summed E-state index contributed by atoms with van der Waals surface area (Å²) in [6, 6.07) is 9.16. The summed E-state index contributed by atoms with van der Waals surface area (Å²) < 4.78 is 11.9. The van der Waals surface area contributed by atoms with Crippen LogP contribution in [0.4, 0.5) is 0 Å². The first kappa shape index (κ1) is 54.4. The molecular weight excluding hydrogens is 879 g/mol. The Morgan fingerprint density at radius 3 is 2.59 bits per heavy atom. The third kappa shape index (κ3) is 10.7. The van der Waals surface area contributed by atoms with Crippen molar-refractivity contribution in [3.8, 4) is 0 Å². The predicted octanol–water partition coefficient (Wildman–Crippen LogP) is 6.67. The van der Waals surface area contributed by atoms with Gasteiger partial charge in [0, 0.05) is 61.0 Å². The zero-order valence-corrected chi connectivity index (χ0v) is 43.1. The second kappa shape index (κ2) is 23.7. The fourth-order valence-electron chi connectivity index (χ4n) is 14.8. The second-order valence-electron chi connectivity index (χ2n) is 22.2. The van der Waals surface area contributed by atoms with Crippen molar-refractivity contribution in [1.82, 2.24) is 16.0 Å². The number of nitrogens with one attached hydrogen (secondary N) is 3. The number of rotatable bonds is 21. The fourth-order valence-corrected chi connectivity index (χ4v) is 14.8. The number of hydrogen-bond donors (Lipinski definition) is 8. The first-order valence-corrected chi connectivity index (χ1v) is 26.5. The van der Waals surface area contributed by atoms with E-state index in [2.05, 4.69) is 85.1 Å². The average Bonchev–Trinajstić information content (AvgIpc) is 3.68. The molecule has 12 atom stereocenters. The largest absolute Gasteiger partial charge is 0.396 e.